The number of rotatable bonds is 20. The van der Waals surface area contributed by atoms with Crippen LogP contribution in [0.1, 0.15) is 216 Å². The minimum absolute atomic E-state index is 0.514. The van der Waals surface area contributed by atoms with Crippen molar-refractivity contribution in [3.63, 3.8) is 0 Å². The molecule has 5 aromatic carbocycles. The first-order valence-corrected chi connectivity index (χ1v) is 33.5. The molecular formula is C75H100O10. The molecule has 0 aliphatic heterocycles. The molecule has 15 aliphatic rings. The van der Waals surface area contributed by atoms with Gasteiger partial charge in [-0.15, -0.1) is 0 Å². The van der Waals surface area contributed by atoms with Gasteiger partial charge in [0.25, 0.3) is 0 Å². The lowest BCUT2D eigenvalue weighted by Crippen LogP contribution is -2.17. The summed E-state index contributed by atoms with van der Waals surface area (Å²) >= 11 is 0. The maximum atomic E-state index is 7.11. The van der Waals surface area contributed by atoms with Crippen LogP contribution in [-0.2, 0) is 32.1 Å². The molecule has 15 aliphatic carbocycles. The molecule has 0 spiro atoms. The van der Waals surface area contributed by atoms with Crippen molar-refractivity contribution in [3.05, 3.63) is 116 Å². The molecule has 0 atom stereocenters. The monoisotopic (exact) mass is 1160 g/mol. The predicted octanol–water partition coefficient (Wildman–Crippen LogP) is 17.8. The highest BCUT2D eigenvalue weighted by Gasteiger charge is 2.27. The van der Waals surface area contributed by atoms with E-state index in [0.29, 0.717) is 94.7 Å². The Bertz CT molecular complexity index is 2490. The summed E-state index contributed by atoms with van der Waals surface area (Å²) in [6.45, 7) is 3.37. The molecule has 5 saturated carbocycles. The van der Waals surface area contributed by atoms with E-state index in [2.05, 4.69) is 60.7 Å². The fourth-order valence-corrected chi connectivity index (χ4v) is 15.1. The SMILES string of the molecule is COc1cc2c(OCC3CCCCC3)cc1Cc1cc(OC)c(cc1OCC1CCCCC1)Cc1cc(OC)c(cc1OCC1CCCCC1)Cc1cc(OC)c(cc1OCC1CCCCC1)Cc1cc(OC)c(cc1OCC1CCCCC1)C2. The van der Waals surface area contributed by atoms with E-state index in [1.54, 1.807) is 35.5 Å². The minimum Gasteiger partial charge on any atom is -0.496 e. The normalized spacial score (nSPS) is 18.6. The summed E-state index contributed by atoms with van der Waals surface area (Å²) in [7, 11) is 8.96. The van der Waals surface area contributed by atoms with Crippen molar-refractivity contribution in [1.29, 1.82) is 0 Å². The van der Waals surface area contributed by atoms with Crippen molar-refractivity contribution in [3.8, 4) is 57.5 Å². The minimum atomic E-state index is 0.514. The van der Waals surface area contributed by atoms with Gasteiger partial charge in [0.15, 0.2) is 0 Å². The average Bonchev–Trinajstić information content (AvgIpc) is 3.49. The third-order valence-electron chi connectivity index (χ3n) is 20.2. The Kier molecular flexibility index (Phi) is 21.6. The van der Waals surface area contributed by atoms with Crippen LogP contribution in [0.5, 0.6) is 57.5 Å². The van der Waals surface area contributed by atoms with Crippen LogP contribution in [0.25, 0.3) is 0 Å². The van der Waals surface area contributed by atoms with Crippen LogP contribution >= 0.6 is 0 Å². The second kappa shape index (κ2) is 30.1. The van der Waals surface area contributed by atoms with Gasteiger partial charge in [-0.3, -0.25) is 0 Å². The Morgan fingerprint density at radius 3 is 0.506 bits per heavy atom. The van der Waals surface area contributed by atoms with E-state index in [1.807, 2.05) is 0 Å². The van der Waals surface area contributed by atoms with Crippen LogP contribution in [0.4, 0.5) is 0 Å². The second-order valence-electron chi connectivity index (χ2n) is 26.3. The van der Waals surface area contributed by atoms with Crippen molar-refractivity contribution in [2.45, 2.75) is 193 Å². The highest BCUT2D eigenvalue weighted by Crippen LogP contribution is 2.44. The van der Waals surface area contributed by atoms with Gasteiger partial charge in [0.1, 0.15) is 57.5 Å². The maximum absolute atomic E-state index is 7.11. The van der Waals surface area contributed by atoms with E-state index in [0.717, 1.165) is 113 Å². The second-order valence-corrected chi connectivity index (χ2v) is 26.3. The lowest BCUT2D eigenvalue weighted by atomic mass is 9.90. The molecule has 10 heteroatoms. The standard InChI is InChI=1S/C75H100O10/c1-76-66-36-61-32-57-42-73(83-48-53-25-15-8-16-26-53)63(38-68(57)78-3)34-59-44-75(85-50-55-29-19-10-20-30-55)65(40-70(59)80-5)35-60-45-74(84-49-54-27-17-9-18-28-54)64(39-69(60)79-4)33-58-43-72(82-47-52-23-13-7-14-24-52)62(37-67(58)77-2)31-56(66)41-71(61)81-46-51-21-11-6-12-22-51/h36-45,51-55H,6-35,46-50H2,1-5H3. The van der Waals surface area contributed by atoms with Crippen molar-refractivity contribution < 1.29 is 47.4 Å². The van der Waals surface area contributed by atoms with Crippen LogP contribution in [0.15, 0.2) is 60.7 Å². The van der Waals surface area contributed by atoms with Gasteiger partial charge in [-0.25, -0.2) is 0 Å². The van der Waals surface area contributed by atoms with Crippen molar-refractivity contribution >= 4 is 0 Å². The summed E-state index contributed by atoms with van der Waals surface area (Å²) in [5, 5.41) is 0. The Morgan fingerprint density at radius 1 is 0.212 bits per heavy atom. The van der Waals surface area contributed by atoms with Crippen LogP contribution in [0.2, 0.25) is 0 Å². The first-order valence-electron chi connectivity index (χ1n) is 33.5. The largest absolute Gasteiger partial charge is 0.496 e. The number of hydrogen-bond acceptors (Lipinski definition) is 10. The Labute approximate surface area is 509 Å². The highest BCUT2D eigenvalue weighted by molar-refractivity contribution is 5.59. The van der Waals surface area contributed by atoms with E-state index >= 15 is 0 Å². The number of benzene rings is 5. The van der Waals surface area contributed by atoms with Crippen molar-refractivity contribution in [1.82, 2.24) is 0 Å². The molecule has 5 aromatic rings. The van der Waals surface area contributed by atoms with Gasteiger partial charge >= 0.3 is 0 Å². The van der Waals surface area contributed by atoms with E-state index in [9.17, 15) is 0 Å². The molecule has 10 bridgehead atoms. The zero-order valence-corrected chi connectivity index (χ0v) is 52.5. The zero-order chi connectivity index (χ0) is 58.3. The zero-order valence-electron chi connectivity index (χ0n) is 52.5. The molecule has 0 radical (unpaired) electrons. The van der Waals surface area contributed by atoms with E-state index in [1.165, 1.54) is 161 Å². The molecular weight excluding hydrogens is 1060 g/mol. The molecule has 0 saturated heterocycles. The lowest BCUT2D eigenvalue weighted by Gasteiger charge is -2.25. The van der Waals surface area contributed by atoms with Gasteiger partial charge in [-0.05, 0) is 154 Å². The maximum Gasteiger partial charge on any atom is 0.123 e. The van der Waals surface area contributed by atoms with Gasteiger partial charge in [0, 0.05) is 87.7 Å². The quantitative estimate of drug-likeness (QED) is 0.0736. The summed E-state index contributed by atoms with van der Waals surface area (Å²) in [4.78, 5) is 0. The smallest absolute Gasteiger partial charge is 0.123 e. The number of ether oxygens (including phenoxy) is 10. The molecule has 0 amide bonds. The number of hydrogen-bond donors (Lipinski definition) is 0. The van der Waals surface area contributed by atoms with Gasteiger partial charge in [-0.1, -0.05) is 96.3 Å². The highest BCUT2D eigenvalue weighted by atomic mass is 16.5. The molecule has 20 rings (SSSR count). The molecule has 5 fully saturated rings. The van der Waals surface area contributed by atoms with E-state index in [4.69, 9.17) is 47.4 Å². The van der Waals surface area contributed by atoms with Crippen LogP contribution in [0.3, 0.4) is 0 Å². The molecule has 460 valence electrons. The Balaban J connectivity index is 1.09. The van der Waals surface area contributed by atoms with Crippen LogP contribution < -0.4 is 47.4 Å². The fraction of sp³-hybridized carbons (Fsp3) is 0.600. The third kappa shape index (κ3) is 15.8. The molecule has 0 heterocycles. The Morgan fingerprint density at radius 2 is 0.353 bits per heavy atom. The predicted molar refractivity (Wildman–Crippen MR) is 339 cm³/mol. The van der Waals surface area contributed by atoms with Crippen molar-refractivity contribution in [2.75, 3.05) is 68.6 Å². The molecule has 0 aromatic heterocycles. The molecule has 0 unspecified atom stereocenters. The first-order chi connectivity index (χ1) is 41.8. The summed E-state index contributed by atoms with van der Waals surface area (Å²) in [5.74, 6) is 11.0. The Hall–Kier alpha value is -5.90. The topological polar surface area (TPSA) is 92.3 Å². The van der Waals surface area contributed by atoms with Gasteiger partial charge < -0.3 is 47.4 Å². The van der Waals surface area contributed by atoms with Gasteiger partial charge in [0.05, 0.1) is 68.6 Å². The van der Waals surface area contributed by atoms with E-state index < -0.39 is 0 Å². The molecule has 10 nitrogen and oxygen atoms in total. The van der Waals surface area contributed by atoms with Gasteiger partial charge in [0.2, 0.25) is 0 Å². The van der Waals surface area contributed by atoms with E-state index in [-0.39, 0.29) is 0 Å². The fourth-order valence-electron chi connectivity index (χ4n) is 15.1. The molecule has 0 N–H and O–H groups in total. The average molecular weight is 1160 g/mol. The van der Waals surface area contributed by atoms with Crippen molar-refractivity contribution in [2.24, 2.45) is 29.6 Å². The summed E-state index contributed by atoms with van der Waals surface area (Å²) in [5.41, 5.74) is 10.4. The first kappa shape index (κ1) is 60.8. The molecule has 85 heavy (non-hydrogen) atoms. The van der Waals surface area contributed by atoms with Crippen LogP contribution in [-0.4, -0.2) is 68.6 Å². The number of methoxy groups -OCH3 is 5. The van der Waals surface area contributed by atoms with Crippen LogP contribution in [0, 0.1) is 29.6 Å². The third-order valence-corrected chi connectivity index (χ3v) is 20.2. The lowest BCUT2D eigenvalue weighted by molar-refractivity contribution is 0.206. The summed E-state index contributed by atoms with van der Waals surface area (Å²) in [6, 6.07) is 22.3. The summed E-state index contributed by atoms with van der Waals surface area (Å²) in [6.07, 6.45) is 33.7. The van der Waals surface area contributed by atoms with Gasteiger partial charge in [-0.2, -0.15) is 0 Å². The summed E-state index contributed by atoms with van der Waals surface area (Å²) < 4.78 is 67.8.